The van der Waals surface area contributed by atoms with Gasteiger partial charge in [-0.25, -0.2) is 0 Å². The van der Waals surface area contributed by atoms with Gasteiger partial charge in [-0.1, -0.05) is 0 Å². The lowest BCUT2D eigenvalue weighted by Crippen LogP contribution is -2.32. The molecule has 0 spiro atoms. The zero-order valence-corrected chi connectivity index (χ0v) is 9.52. The first-order valence-corrected chi connectivity index (χ1v) is 5.93. The van der Waals surface area contributed by atoms with Gasteiger partial charge in [0.05, 0.1) is 12.7 Å². The predicted molar refractivity (Wildman–Crippen MR) is 58.5 cm³/mol. The van der Waals surface area contributed by atoms with Crippen molar-refractivity contribution in [1.82, 2.24) is 4.90 Å². The van der Waals surface area contributed by atoms with Crippen LogP contribution < -0.4 is 5.73 Å². The molecule has 2 aliphatic heterocycles. The Hall–Kier alpha value is -0.160. The summed E-state index contributed by atoms with van der Waals surface area (Å²) in [5.41, 5.74) is 5.54. The van der Waals surface area contributed by atoms with Gasteiger partial charge in [-0.2, -0.15) is 0 Å². The Morgan fingerprint density at radius 2 is 2.07 bits per heavy atom. The van der Waals surface area contributed by atoms with Gasteiger partial charge in [0.2, 0.25) is 0 Å². The minimum atomic E-state index is 0.00644. The second kappa shape index (κ2) is 5.25. The van der Waals surface area contributed by atoms with Crippen LogP contribution in [0.15, 0.2) is 0 Å². The molecule has 0 saturated carbocycles. The van der Waals surface area contributed by atoms with Gasteiger partial charge in [0.15, 0.2) is 6.29 Å². The molecule has 0 aromatic heterocycles. The van der Waals surface area contributed by atoms with Crippen LogP contribution in [-0.2, 0) is 9.47 Å². The van der Waals surface area contributed by atoms with Gasteiger partial charge in [-0.15, -0.1) is 0 Å². The first-order valence-electron chi connectivity index (χ1n) is 5.93. The van der Waals surface area contributed by atoms with Crippen LogP contribution in [-0.4, -0.2) is 50.6 Å². The molecule has 4 heteroatoms. The molecule has 2 aliphatic rings. The Morgan fingerprint density at radius 1 is 1.33 bits per heavy atom. The van der Waals surface area contributed by atoms with Gasteiger partial charge in [-0.3, -0.25) is 0 Å². The quantitative estimate of drug-likeness (QED) is 0.739. The second-order valence-electron chi connectivity index (χ2n) is 4.74. The maximum Gasteiger partial charge on any atom is 0.158 e. The van der Waals surface area contributed by atoms with Gasteiger partial charge in [0.25, 0.3) is 0 Å². The van der Waals surface area contributed by atoms with E-state index in [2.05, 4.69) is 11.9 Å². The standard InChI is InChI=1S/C11H22N2O2/c1-13-4-2-9(3-5-13)6-11-14-8-10(7-12)15-11/h9-11H,2-8,12H2,1H3. The van der Waals surface area contributed by atoms with Crippen LogP contribution in [0.1, 0.15) is 19.3 Å². The van der Waals surface area contributed by atoms with Crippen molar-refractivity contribution >= 4 is 0 Å². The molecule has 15 heavy (non-hydrogen) atoms. The molecule has 0 amide bonds. The summed E-state index contributed by atoms with van der Waals surface area (Å²) in [4.78, 5) is 2.38. The van der Waals surface area contributed by atoms with E-state index in [-0.39, 0.29) is 12.4 Å². The van der Waals surface area contributed by atoms with Crippen LogP contribution >= 0.6 is 0 Å². The molecule has 2 atom stereocenters. The van der Waals surface area contributed by atoms with Gasteiger partial charge in [0.1, 0.15) is 0 Å². The highest BCUT2D eigenvalue weighted by atomic mass is 16.7. The maximum absolute atomic E-state index is 5.68. The highest BCUT2D eigenvalue weighted by molar-refractivity contribution is 4.74. The molecule has 0 bridgehead atoms. The first kappa shape index (κ1) is 11.3. The van der Waals surface area contributed by atoms with Crippen LogP contribution in [0.3, 0.4) is 0 Å². The molecule has 2 saturated heterocycles. The lowest BCUT2D eigenvalue weighted by Gasteiger charge is -2.29. The minimum Gasteiger partial charge on any atom is -0.350 e. The first-order chi connectivity index (χ1) is 7.28. The maximum atomic E-state index is 5.68. The Kier molecular flexibility index (Phi) is 3.97. The Bertz CT molecular complexity index is 193. The van der Waals surface area contributed by atoms with Crippen molar-refractivity contribution in [2.75, 3.05) is 33.3 Å². The predicted octanol–water partition coefficient (Wildman–Crippen LogP) is 0.418. The van der Waals surface area contributed by atoms with E-state index in [1.807, 2.05) is 0 Å². The summed E-state index contributed by atoms with van der Waals surface area (Å²) in [5.74, 6) is 0.766. The number of ether oxygens (including phenoxy) is 2. The molecule has 4 nitrogen and oxygen atoms in total. The Labute approximate surface area is 91.7 Å². The zero-order valence-electron chi connectivity index (χ0n) is 9.52. The monoisotopic (exact) mass is 214 g/mol. The van der Waals surface area contributed by atoms with E-state index >= 15 is 0 Å². The van der Waals surface area contributed by atoms with Crippen LogP contribution in [0.25, 0.3) is 0 Å². The SMILES string of the molecule is CN1CCC(CC2OCC(CN)O2)CC1. The number of likely N-dealkylation sites (tertiary alicyclic amines) is 1. The molecule has 88 valence electrons. The second-order valence-corrected chi connectivity index (χ2v) is 4.74. The minimum absolute atomic E-state index is 0.00644. The number of nitrogens with two attached hydrogens (primary N) is 1. The van der Waals surface area contributed by atoms with Crippen molar-refractivity contribution in [2.24, 2.45) is 11.7 Å². The third kappa shape index (κ3) is 3.14. The fourth-order valence-electron chi connectivity index (χ4n) is 2.32. The fraction of sp³-hybridized carbons (Fsp3) is 1.00. The van der Waals surface area contributed by atoms with Gasteiger partial charge in [-0.05, 0) is 38.9 Å². The number of nitrogens with zero attached hydrogens (tertiary/aromatic N) is 1. The third-order valence-electron chi connectivity index (χ3n) is 3.44. The summed E-state index contributed by atoms with van der Waals surface area (Å²) in [6.07, 6.45) is 3.72. The van der Waals surface area contributed by atoms with Crippen LogP contribution in [0.2, 0.25) is 0 Å². The largest absolute Gasteiger partial charge is 0.350 e. The summed E-state index contributed by atoms with van der Waals surface area (Å²) in [5, 5.41) is 0. The van der Waals surface area contributed by atoms with Crippen LogP contribution in [0, 0.1) is 5.92 Å². The van der Waals surface area contributed by atoms with E-state index in [0.29, 0.717) is 13.2 Å². The third-order valence-corrected chi connectivity index (χ3v) is 3.44. The topological polar surface area (TPSA) is 47.7 Å². The molecule has 2 heterocycles. The Morgan fingerprint density at radius 3 is 2.67 bits per heavy atom. The Balaban J connectivity index is 1.69. The van der Waals surface area contributed by atoms with Crippen LogP contribution in [0.5, 0.6) is 0 Å². The smallest absolute Gasteiger partial charge is 0.158 e. The molecule has 0 aromatic rings. The zero-order chi connectivity index (χ0) is 10.7. The van der Waals surface area contributed by atoms with E-state index < -0.39 is 0 Å². The number of hydrogen-bond donors (Lipinski definition) is 1. The summed E-state index contributed by atoms with van der Waals surface area (Å²) in [6, 6.07) is 0. The average Bonchev–Trinajstić information content (AvgIpc) is 2.69. The lowest BCUT2D eigenvalue weighted by atomic mass is 9.94. The average molecular weight is 214 g/mol. The summed E-state index contributed by atoms with van der Waals surface area (Å²) < 4.78 is 11.2. The number of hydrogen-bond acceptors (Lipinski definition) is 4. The molecule has 2 N–H and O–H groups in total. The normalized spacial score (nSPS) is 34.8. The number of piperidine rings is 1. The van der Waals surface area contributed by atoms with Crippen molar-refractivity contribution in [3.63, 3.8) is 0 Å². The molecule has 0 radical (unpaired) electrons. The molecular formula is C11H22N2O2. The lowest BCUT2D eigenvalue weighted by molar-refractivity contribution is -0.0737. The van der Waals surface area contributed by atoms with Crippen molar-refractivity contribution in [3.8, 4) is 0 Å². The van der Waals surface area contributed by atoms with Crippen molar-refractivity contribution in [2.45, 2.75) is 31.7 Å². The van der Waals surface area contributed by atoms with Crippen molar-refractivity contribution < 1.29 is 9.47 Å². The molecule has 2 rings (SSSR count). The fourth-order valence-corrected chi connectivity index (χ4v) is 2.32. The highest BCUT2D eigenvalue weighted by Crippen LogP contribution is 2.25. The van der Waals surface area contributed by atoms with Crippen molar-refractivity contribution in [1.29, 1.82) is 0 Å². The van der Waals surface area contributed by atoms with Gasteiger partial charge < -0.3 is 20.1 Å². The molecule has 2 fully saturated rings. The summed E-state index contributed by atoms with van der Waals surface area (Å²) in [6.45, 7) is 3.66. The van der Waals surface area contributed by atoms with Gasteiger partial charge in [0, 0.05) is 13.0 Å². The van der Waals surface area contributed by atoms with E-state index in [9.17, 15) is 0 Å². The number of rotatable bonds is 3. The van der Waals surface area contributed by atoms with E-state index in [1.54, 1.807) is 0 Å². The summed E-state index contributed by atoms with van der Waals surface area (Å²) >= 11 is 0. The molecule has 0 aliphatic carbocycles. The van der Waals surface area contributed by atoms with Crippen LogP contribution in [0.4, 0.5) is 0 Å². The van der Waals surface area contributed by atoms with Gasteiger partial charge >= 0.3 is 0 Å². The van der Waals surface area contributed by atoms with E-state index in [4.69, 9.17) is 15.2 Å². The highest BCUT2D eigenvalue weighted by Gasteiger charge is 2.28. The molecule has 2 unspecified atom stereocenters. The van der Waals surface area contributed by atoms with E-state index in [0.717, 1.165) is 12.3 Å². The summed E-state index contributed by atoms with van der Waals surface area (Å²) in [7, 11) is 2.18. The van der Waals surface area contributed by atoms with Crippen molar-refractivity contribution in [3.05, 3.63) is 0 Å². The van der Waals surface area contributed by atoms with E-state index in [1.165, 1.54) is 25.9 Å². The molecular weight excluding hydrogens is 192 g/mol. The molecule has 0 aromatic carbocycles.